The fraction of sp³-hybridized carbons (Fsp3) is 0.296. The van der Waals surface area contributed by atoms with Crippen molar-refractivity contribution >= 4 is 23.2 Å². The summed E-state index contributed by atoms with van der Waals surface area (Å²) < 4.78 is 5.35. The Morgan fingerprint density at radius 1 is 1.14 bits per heavy atom. The zero-order chi connectivity index (χ0) is 26.8. The average Bonchev–Trinajstić information content (AvgIpc) is 2.85. The molecule has 0 saturated heterocycles. The summed E-state index contributed by atoms with van der Waals surface area (Å²) in [5.74, 6) is -5.96. The number of aliphatic hydroxyl groups is 3. The summed E-state index contributed by atoms with van der Waals surface area (Å²) >= 11 is 0. The Morgan fingerprint density at radius 3 is 2.51 bits per heavy atom. The lowest BCUT2D eigenvalue weighted by Gasteiger charge is -2.46. The van der Waals surface area contributed by atoms with Crippen LogP contribution in [0.25, 0.3) is 16.9 Å². The molecule has 1 saturated carbocycles. The number of carbonyl (C=O) groups is 3. The minimum absolute atomic E-state index is 0.0368. The highest BCUT2D eigenvalue weighted by Gasteiger charge is 2.60. The third-order valence-corrected chi connectivity index (χ3v) is 7.76. The quantitative estimate of drug-likeness (QED) is 0.334. The van der Waals surface area contributed by atoms with Crippen LogP contribution in [0.4, 0.5) is 0 Å². The first-order valence-corrected chi connectivity index (χ1v) is 11.7. The molecule has 192 valence electrons. The van der Waals surface area contributed by atoms with E-state index < -0.39 is 52.0 Å². The number of aliphatic hydroxyl groups excluding tert-OH is 2. The number of ketones is 2. The van der Waals surface area contributed by atoms with Crippen molar-refractivity contribution in [2.75, 3.05) is 7.11 Å². The molecule has 1 amide bonds. The molecule has 0 unspecified atom stereocenters. The van der Waals surface area contributed by atoms with Gasteiger partial charge >= 0.3 is 0 Å². The SMILES string of the molecule is COc1ccc(-c2ccc(O)c3c2C[C@H]2C[C@H]4CC(=O)C(C(N)=O)=C(O)[C@@]4(O)C(=O)C2=C3O)cc1CN. The Kier molecular flexibility index (Phi) is 5.61. The Bertz CT molecular complexity index is 1460. The number of nitrogens with two attached hydrogens (primary N) is 2. The molecule has 8 N–H and O–H groups in total. The van der Waals surface area contributed by atoms with E-state index in [1.807, 2.05) is 12.1 Å². The van der Waals surface area contributed by atoms with Gasteiger partial charge in [0, 0.05) is 30.0 Å². The monoisotopic (exact) mass is 506 g/mol. The average molecular weight is 507 g/mol. The molecular formula is C27H26N2O8. The second-order valence-corrected chi connectivity index (χ2v) is 9.62. The van der Waals surface area contributed by atoms with Gasteiger partial charge in [-0.2, -0.15) is 0 Å². The minimum Gasteiger partial charge on any atom is -0.508 e. The lowest BCUT2D eigenvalue weighted by atomic mass is 9.59. The highest BCUT2D eigenvalue weighted by atomic mass is 16.5. The van der Waals surface area contributed by atoms with E-state index in [0.717, 1.165) is 11.1 Å². The number of primary amides is 1. The van der Waals surface area contributed by atoms with Crippen molar-refractivity contribution in [2.24, 2.45) is 23.3 Å². The van der Waals surface area contributed by atoms with E-state index in [-0.39, 0.29) is 42.7 Å². The van der Waals surface area contributed by atoms with E-state index in [9.17, 15) is 34.8 Å². The van der Waals surface area contributed by atoms with Crippen molar-refractivity contribution < 1.29 is 39.5 Å². The van der Waals surface area contributed by atoms with Gasteiger partial charge in [0.15, 0.2) is 11.4 Å². The highest BCUT2D eigenvalue weighted by molar-refractivity contribution is 6.22. The zero-order valence-corrected chi connectivity index (χ0v) is 19.9. The first kappa shape index (κ1) is 24.5. The number of rotatable bonds is 4. The summed E-state index contributed by atoms with van der Waals surface area (Å²) in [5.41, 5.74) is 10.3. The number of hydrogen-bond acceptors (Lipinski definition) is 9. The number of phenolic OH excluding ortho intramolecular Hbond substituents is 1. The first-order valence-electron chi connectivity index (χ1n) is 11.7. The number of Topliss-reactive ketones (excluding diaryl/α,β-unsaturated/α-hetero) is 2. The molecule has 0 aliphatic heterocycles. The van der Waals surface area contributed by atoms with Gasteiger partial charge in [-0.05, 0) is 53.6 Å². The van der Waals surface area contributed by atoms with Gasteiger partial charge < -0.3 is 36.6 Å². The maximum Gasteiger partial charge on any atom is 0.255 e. The van der Waals surface area contributed by atoms with Crippen molar-refractivity contribution in [2.45, 2.75) is 31.4 Å². The van der Waals surface area contributed by atoms with Crippen LogP contribution in [0.15, 0.2) is 47.2 Å². The number of aromatic hydroxyl groups is 1. The summed E-state index contributed by atoms with van der Waals surface area (Å²) in [6, 6.07) is 8.53. The molecule has 0 spiro atoms. The third kappa shape index (κ3) is 3.36. The molecule has 10 heteroatoms. The van der Waals surface area contributed by atoms with Crippen LogP contribution in [0, 0.1) is 11.8 Å². The lowest BCUT2D eigenvalue weighted by Crippen LogP contribution is -2.58. The molecule has 10 nitrogen and oxygen atoms in total. The summed E-state index contributed by atoms with van der Waals surface area (Å²) in [5, 5.41) is 43.9. The molecule has 37 heavy (non-hydrogen) atoms. The molecular weight excluding hydrogens is 480 g/mol. The molecule has 0 aromatic heterocycles. The summed E-state index contributed by atoms with van der Waals surface area (Å²) in [6.07, 6.45) is -0.0933. The van der Waals surface area contributed by atoms with Gasteiger partial charge in [0.1, 0.15) is 28.6 Å². The molecule has 0 radical (unpaired) electrons. The molecule has 1 fully saturated rings. The second kappa shape index (κ2) is 8.46. The fourth-order valence-electron chi connectivity index (χ4n) is 6.00. The molecule has 3 atom stereocenters. The van der Waals surface area contributed by atoms with Gasteiger partial charge in [-0.25, -0.2) is 0 Å². The molecule has 2 aromatic carbocycles. The van der Waals surface area contributed by atoms with Crippen LogP contribution in [0.2, 0.25) is 0 Å². The number of fused-ring (bicyclic) bond motifs is 3. The fourth-order valence-corrected chi connectivity index (χ4v) is 6.00. The maximum atomic E-state index is 13.6. The number of phenols is 1. The Morgan fingerprint density at radius 2 is 1.86 bits per heavy atom. The van der Waals surface area contributed by atoms with E-state index >= 15 is 0 Å². The van der Waals surface area contributed by atoms with Crippen LogP contribution < -0.4 is 16.2 Å². The molecule has 5 rings (SSSR count). The molecule has 3 aliphatic carbocycles. The lowest BCUT2D eigenvalue weighted by molar-refractivity contribution is -0.147. The normalized spacial score (nSPS) is 24.9. The number of methoxy groups -OCH3 is 1. The maximum absolute atomic E-state index is 13.6. The summed E-state index contributed by atoms with van der Waals surface area (Å²) in [4.78, 5) is 37.9. The zero-order valence-electron chi connectivity index (χ0n) is 19.9. The van der Waals surface area contributed by atoms with E-state index in [4.69, 9.17) is 16.2 Å². The summed E-state index contributed by atoms with van der Waals surface area (Å²) in [7, 11) is 1.54. The predicted octanol–water partition coefficient (Wildman–Crippen LogP) is 1.56. The van der Waals surface area contributed by atoms with E-state index in [0.29, 0.717) is 16.9 Å². The van der Waals surface area contributed by atoms with E-state index in [1.165, 1.54) is 13.2 Å². The van der Waals surface area contributed by atoms with Crippen LogP contribution >= 0.6 is 0 Å². The largest absolute Gasteiger partial charge is 0.508 e. The number of ether oxygens (including phenoxy) is 1. The number of benzene rings is 2. The Hall–Kier alpha value is -4.15. The standard InChI is InChI=1S/C27H26N2O8/c1-37-19-5-2-11(6-13(19)10-28)15-3-4-17(30)21-16(15)8-12-7-14-9-18(31)22(26(29)35)25(34)27(14,36)24(33)20(12)23(21)32/h2-6,12,14,30,32,34,36H,7-10,28H2,1H3,(H2,29,35)/t12-,14+,27+/m1/s1. The molecule has 2 aromatic rings. The molecule has 0 heterocycles. The summed E-state index contributed by atoms with van der Waals surface area (Å²) in [6.45, 7) is 0.225. The van der Waals surface area contributed by atoms with Gasteiger partial charge in [0.05, 0.1) is 12.7 Å². The Labute approximate surface area is 211 Å². The van der Waals surface area contributed by atoms with E-state index in [1.54, 1.807) is 12.1 Å². The topological polar surface area (TPSA) is 193 Å². The number of amides is 1. The molecule has 0 bridgehead atoms. The van der Waals surface area contributed by atoms with Crippen molar-refractivity contribution in [1.29, 1.82) is 0 Å². The van der Waals surface area contributed by atoms with Crippen molar-refractivity contribution in [3.05, 3.63) is 63.9 Å². The van der Waals surface area contributed by atoms with Crippen LogP contribution in [0.3, 0.4) is 0 Å². The van der Waals surface area contributed by atoms with Crippen molar-refractivity contribution in [3.8, 4) is 22.6 Å². The van der Waals surface area contributed by atoms with Gasteiger partial charge in [-0.1, -0.05) is 12.1 Å². The highest BCUT2D eigenvalue weighted by Crippen LogP contribution is 2.53. The van der Waals surface area contributed by atoms with Gasteiger partial charge in [0.25, 0.3) is 5.91 Å². The number of carbonyl (C=O) groups excluding carboxylic acids is 3. The first-order chi connectivity index (χ1) is 17.5. The van der Waals surface area contributed by atoms with E-state index in [2.05, 4.69) is 0 Å². The van der Waals surface area contributed by atoms with Gasteiger partial charge in [0.2, 0.25) is 5.78 Å². The van der Waals surface area contributed by atoms with Crippen molar-refractivity contribution in [3.63, 3.8) is 0 Å². The van der Waals surface area contributed by atoms with Crippen LogP contribution in [0.5, 0.6) is 11.5 Å². The minimum atomic E-state index is -2.59. The second-order valence-electron chi connectivity index (χ2n) is 9.62. The van der Waals surface area contributed by atoms with Crippen molar-refractivity contribution in [1.82, 2.24) is 0 Å². The van der Waals surface area contributed by atoms with Gasteiger partial charge in [-0.15, -0.1) is 0 Å². The predicted molar refractivity (Wildman–Crippen MR) is 131 cm³/mol. The number of hydrogen-bond donors (Lipinski definition) is 6. The molecule has 3 aliphatic rings. The van der Waals surface area contributed by atoms with Crippen LogP contribution in [-0.4, -0.2) is 50.6 Å². The smallest absolute Gasteiger partial charge is 0.255 e. The Balaban J connectivity index is 1.69. The van der Waals surface area contributed by atoms with Gasteiger partial charge in [-0.3, -0.25) is 14.4 Å². The third-order valence-electron chi connectivity index (χ3n) is 7.76. The van der Waals surface area contributed by atoms with Crippen LogP contribution in [0.1, 0.15) is 29.5 Å². The van der Waals surface area contributed by atoms with Crippen LogP contribution in [-0.2, 0) is 27.3 Å².